The molecule has 0 aromatic heterocycles. The third-order valence-electron chi connectivity index (χ3n) is 4.80. The van der Waals surface area contributed by atoms with Gasteiger partial charge in [-0.25, -0.2) is 8.42 Å². The molecule has 0 aliphatic carbocycles. The van der Waals surface area contributed by atoms with Crippen LogP contribution in [0.5, 0.6) is 0 Å². The molecule has 3 rings (SSSR count). The first-order valence-electron chi connectivity index (χ1n) is 9.68. The van der Waals surface area contributed by atoms with Gasteiger partial charge in [0.1, 0.15) is 0 Å². The van der Waals surface area contributed by atoms with Crippen LogP contribution >= 0.6 is 23.2 Å². The SMILES string of the molecule is CS(=O)(=O)N(Cc1cccc(Cl)c1Cl)c1ccc(C(=O)NCC(O)c2ccccc2)cc1. The number of halogens is 2. The van der Waals surface area contributed by atoms with Crippen LogP contribution in [0.15, 0.2) is 72.8 Å². The van der Waals surface area contributed by atoms with Crippen LogP contribution in [0.25, 0.3) is 0 Å². The Morgan fingerprint density at radius 1 is 1.00 bits per heavy atom. The molecule has 32 heavy (non-hydrogen) atoms. The highest BCUT2D eigenvalue weighted by Gasteiger charge is 2.20. The summed E-state index contributed by atoms with van der Waals surface area (Å²) in [5.74, 6) is -0.379. The van der Waals surface area contributed by atoms with Crippen molar-refractivity contribution in [2.75, 3.05) is 17.1 Å². The summed E-state index contributed by atoms with van der Waals surface area (Å²) < 4.78 is 26.0. The Labute approximate surface area is 197 Å². The Kier molecular flexibility index (Phi) is 7.79. The Morgan fingerprint density at radius 2 is 1.66 bits per heavy atom. The summed E-state index contributed by atoms with van der Waals surface area (Å²) in [6.45, 7) is 0.0420. The van der Waals surface area contributed by atoms with E-state index in [4.69, 9.17) is 23.2 Å². The van der Waals surface area contributed by atoms with Gasteiger partial charge < -0.3 is 10.4 Å². The van der Waals surface area contributed by atoms with E-state index in [0.717, 1.165) is 6.26 Å². The van der Waals surface area contributed by atoms with Crippen LogP contribution in [0, 0.1) is 0 Å². The van der Waals surface area contributed by atoms with E-state index in [2.05, 4.69) is 5.32 Å². The number of hydrogen-bond donors (Lipinski definition) is 2. The Hall–Kier alpha value is -2.58. The lowest BCUT2D eigenvalue weighted by Crippen LogP contribution is -2.30. The fourth-order valence-corrected chi connectivity index (χ4v) is 4.35. The highest BCUT2D eigenvalue weighted by molar-refractivity contribution is 7.92. The number of carbonyl (C=O) groups is 1. The van der Waals surface area contributed by atoms with E-state index >= 15 is 0 Å². The predicted octanol–water partition coefficient (Wildman–Crippen LogP) is 4.42. The number of nitrogens with zero attached hydrogens (tertiary/aromatic N) is 1. The van der Waals surface area contributed by atoms with Crippen LogP contribution < -0.4 is 9.62 Å². The normalized spacial score (nSPS) is 12.2. The van der Waals surface area contributed by atoms with E-state index in [0.29, 0.717) is 27.4 Å². The lowest BCUT2D eigenvalue weighted by Gasteiger charge is -2.23. The minimum absolute atomic E-state index is 0.00691. The molecule has 0 saturated carbocycles. The summed E-state index contributed by atoms with van der Waals surface area (Å²) >= 11 is 12.3. The first-order chi connectivity index (χ1) is 15.2. The van der Waals surface area contributed by atoms with E-state index in [9.17, 15) is 18.3 Å². The molecule has 1 amide bonds. The number of anilines is 1. The van der Waals surface area contributed by atoms with Crippen molar-refractivity contribution in [3.05, 3.63) is 99.5 Å². The molecule has 2 N–H and O–H groups in total. The highest BCUT2D eigenvalue weighted by atomic mass is 35.5. The summed E-state index contributed by atoms with van der Waals surface area (Å²) in [5.41, 5.74) is 1.97. The number of benzene rings is 3. The molecule has 0 fully saturated rings. The van der Waals surface area contributed by atoms with Crippen molar-refractivity contribution in [1.82, 2.24) is 5.32 Å². The van der Waals surface area contributed by atoms with Crippen molar-refractivity contribution in [3.63, 3.8) is 0 Å². The topological polar surface area (TPSA) is 86.7 Å². The van der Waals surface area contributed by atoms with Crippen LogP contribution in [0.2, 0.25) is 10.0 Å². The molecule has 3 aromatic carbocycles. The van der Waals surface area contributed by atoms with Crippen molar-refractivity contribution in [2.24, 2.45) is 0 Å². The van der Waals surface area contributed by atoms with Crippen molar-refractivity contribution < 1.29 is 18.3 Å². The zero-order chi connectivity index (χ0) is 23.3. The van der Waals surface area contributed by atoms with Crippen LogP contribution in [0.4, 0.5) is 5.69 Å². The molecule has 1 atom stereocenters. The van der Waals surface area contributed by atoms with Gasteiger partial charge in [0.25, 0.3) is 5.91 Å². The Bertz CT molecular complexity index is 1190. The molecule has 0 heterocycles. The minimum atomic E-state index is -3.63. The maximum absolute atomic E-state index is 12.4. The lowest BCUT2D eigenvalue weighted by atomic mass is 10.1. The maximum Gasteiger partial charge on any atom is 0.251 e. The zero-order valence-electron chi connectivity index (χ0n) is 17.2. The molecule has 1 unspecified atom stereocenters. The second-order valence-corrected chi connectivity index (χ2v) is 9.86. The maximum atomic E-state index is 12.4. The Balaban J connectivity index is 1.73. The number of carbonyl (C=O) groups excluding carboxylic acids is 1. The second kappa shape index (κ2) is 10.4. The Morgan fingerprint density at radius 3 is 2.28 bits per heavy atom. The van der Waals surface area contributed by atoms with Gasteiger partial charge in [-0.15, -0.1) is 0 Å². The number of aliphatic hydroxyl groups excluding tert-OH is 1. The molecular weight excluding hydrogens is 471 g/mol. The summed E-state index contributed by atoms with van der Waals surface area (Å²) in [7, 11) is -3.63. The smallest absolute Gasteiger partial charge is 0.251 e. The van der Waals surface area contributed by atoms with Gasteiger partial charge >= 0.3 is 0 Å². The standard InChI is InChI=1S/C23H22Cl2N2O4S/c1-32(30,31)27(15-18-8-5-9-20(24)22(18)25)19-12-10-17(11-13-19)23(29)26-14-21(28)16-6-3-2-4-7-16/h2-13,21,28H,14-15H2,1H3,(H,26,29). The van der Waals surface area contributed by atoms with Crippen molar-refractivity contribution in [3.8, 4) is 0 Å². The van der Waals surface area contributed by atoms with Gasteiger partial charge in [0, 0.05) is 12.1 Å². The van der Waals surface area contributed by atoms with Crippen LogP contribution in [-0.2, 0) is 16.6 Å². The summed E-state index contributed by atoms with van der Waals surface area (Å²) in [6, 6.07) is 20.2. The second-order valence-electron chi connectivity index (χ2n) is 7.17. The quantitative estimate of drug-likeness (QED) is 0.487. The van der Waals surface area contributed by atoms with Crippen LogP contribution in [0.1, 0.15) is 27.6 Å². The molecule has 0 radical (unpaired) electrons. The largest absolute Gasteiger partial charge is 0.387 e. The minimum Gasteiger partial charge on any atom is -0.387 e. The zero-order valence-corrected chi connectivity index (χ0v) is 19.5. The third kappa shape index (κ3) is 6.01. The van der Waals surface area contributed by atoms with Gasteiger partial charge in [0.05, 0.1) is 34.6 Å². The fraction of sp³-hybridized carbons (Fsp3) is 0.174. The van der Waals surface area contributed by atoms with Gasteiger partial charge in [-0.3, -0.25) is 9.10 Å². The number of sulfonamides is 1. The number of hydrogen-bond acceptors (Lipinski definition) is 4. The number of rotatable bonds is 8. The fourth-order valence-electron chi connectivity index (χ4n) is 3.09. The van der Waals surface area contributed by atoms with Gasteiger partial charge in [-0.2, -0.15) is 0 Å². The number of amides is 1. The molecule has 168 valence electrons. The van der Waals surface area contributed by atoms with E-state index in [-0.39, 0.29) is 24.0 Å². The van der Waals surface area contributed by atoms with E-state index in [1.807, 2.05) is 18.2 Å². The third-order valence-corrected chi connectivity index (χ3v) is 6.80. The molecular formula is C23H22Cl2N2O4S. The van der Waals surface area contributed by atoms with Crippen molar-refractivity contribution in [1.29, 1.82) is 0 Å². The highest BCUT2D eigenvalue weighted by Crippen LogP contribution is 2.29. The van der Waals surface area contributed by atoms with E-state index in [1.165, 1.54) is 16.4 Å². The van der Waals surface area contributed by atoms with Gasteiger partial charge in [-0.1, -0.05) is 65.7 Å². The molecule has 0 saturated heterocycles. The van der Waals surface area contributed by atoms with Crippen LogP contribution in [-0.4, -0.2) is 32.2 Å². The first-order valence-corrected chi connectivity index (χ1v) is 12.3. The summed E-state index contributed by atoms with van der Waals surface area (Å²) in [5, 5.41) is 13.5. The van der Waals surface area contributed by atoms with Gasteiger partial charge in [0.15, 0.2) is 0 Å². The van der Waals surface area contributed by atoms with E-state index < -0.39 is 16.1 Å². The molecule has 0 aliphatic heterocycles. The van der Waals surface area contributed by atoms with Gasteiger partial charge in [0.2, 0.25) is 10.0 Å². The first kappa shape index (κ1) is 24.1. The van der Waals surface area contributed by atoms with Crippen molar-refractivity contribution in [2.45, 2.75) is 12.6 Å². The average molecular weight is 493 g/mol. The lowest BCUT2D eigenvalue weighted by molar-refractivity contribution is 0.0916. The van der Waals surface area contributed by atoms with Gasteiger partial charge in [-0.05, 0) is 41.5 Å². The van der Waals surface area contributed by atoms with Crippen LogP contribution in [0.3, 0.4) is 0 Å². The number of aliphatic hydroxyl groups is 1. The average Bonchev–Trinajstić information content (AvgIpc) is 2.78. The molecule has 0 aliphatic rings. The molecule has 9 heteroatoms. The molecule has 3 aromatic rings. The molecule has 6 nitrogen and oxygen atoms in total. The number of nitrogens with one attached hydrogen (secondary N) is 1. The monoisotopic (exact) mass is 492 g/mol. The van der Waals surface area contributed by atoms with Crippen molar-refractivity contribution >= 4 is 44.8 Å². The molecule has 0 bridgehead atoms. The molecule has 0 spiro atoms. The summed E-state index contributed by atoms with van der Waals surface area (Å²) in [6.07, 6.45) is 0.263. The van der Waals surface area contributed by atoms with E-state index in [1.54, 1.807) is 42.5 Å². The summed E-state index contributed by atoms with van der Waals surface area (Å²) in [4.78, 5) is 12.4. The predicted molar refractivity (Wildman–Crippen MR) is 128 cm³/mol.